The summed E-state index contributed by atoms with van der Waals surface area (Å²) in [5.74, 6) is 1.31. The standard InChI is InChI=1S/C29H40FNO3S/c1-19(14-16-35(31,34)25-10-8-23(30)9-11-25)26-12-13-27-21(5-4-15-29(26,27)3)6-7-22-17-24(32)18-28(33)20(22)2/h6-11,19,24,26-28,31-33H,2,4-5,12-18H2,1,3H3/b21-6+,22-7-/t19-,24-,26-,27+,28+,29-,35-/m1/s1. The lowest BCUT2D eigenvalue weighted by molar-refractivity contribution is 0.0861. The number of allylic oxidation sites excluding steroid dienone is 3. The fraction of sp³-hybridized carbons (Fsp3) is 0.586. The van der Waals surface area contributed by atoms with Crippen molar-refractivity contribution in [2.45, 2.75) is 82.3 Å². The number of benzene rings is 1. The summed E-state index contributed by atoms with van der Waals surface area (Å²) in [6, 6.07) is 5.53. The lowest BCUT2D eigenvalue weighted by Crippen LogP contribution is -2.36. The van der Waals surface area contributed by atoms with Crippen LogP contribution in [0.15, 0.2) is 64.6 Å². The van der Waals surface area contributed by atoms with Crippen LogP contribution >= 0.6 is 0 Å². The molecule has 1 aromatic rings. The van der Waals surface area contributed by atoms with Crippen molar-refractivity contribution in [3.05, 3.63) is 65.5 Å². The van der Waals surface area contributed by atoms with Crippen molar-refractivity contribution in [2.75, 3.05) is 5.75 Å². The van der Waals surface area contributed by atoms with Crippen LogP contribution in [0.4, 0.5) is 4.39 Å². The fourth-order valence-corrected chi connectivity index (χ4v) is 8.52. The third-order valence-electron chi connectivity index (χ3n) is 9.04. The number of aliphatic hydroxyl groups is 2. The first kappa shape index (κ1) is 26.3. The number of nitrogens with one attached hydrogen (secondary N) is 1. The molecule has 1 aromatic carbocycles. The van der Waals surface area contributed by atoms with E-state index in [4.69, 9.17) is 4.78 Å². The zero-order valence-electron chi connectivity index (χ0n) is 21.0. The lowest BCUT2D eigenvalue weighted by Gasteiger charge is -2.44. The number of hydrogen-bond acceptors (Lipinski definition) is 4. The number of aliphatic hydroxyl groups excluding tert-OH is 2. The Morgan fingerprint density at radius 1 is 1.26 bits per heavy atom. The maximum absolute atomic E-state index is 13.3. The predicted octanol–water partition coefficient (Wildman–Crippen LogP) is 6.40. The SMILES string of the molecule is C=C1/C(=C\C=C2/CCC[C@]3(C)[C@@H]([C@H](C)CC[S@@](=N)(=O)c4ccc(F)cc4)CC[C@@H]23)C[C@@H](O)C[C@@H]1O. The molecule has 192 valence electrons. The van der Waals surface area contributed by atoms with E-state index in [0.717, 1.165) is 43.3 Å². The van der Waals surface area contributed by atoms with Crippen LogP contribution in [0.2, 0.25) is 0 Å². The molecule has 3 N–H and O–H groups in total. The summed E-state index contributed by atoms with van der Waals surface area (Å²) in [6.45, 7) is 8.70. The second-order valence-electron chi connectivity index (χ2n) is 11.3. The van der Waals surface area contributed by atoms with Crippen molar-refractivity contribution in [1.29, 1.82) is 4.78 Å². The highest BCUT2D eigenvalue weighted by atomic mass is 32.2. The van der Waals surface area contributed by atoms with Gasteiger partial charge in [0.05, 0.1) is 21.9 Å². The van der Waals surface area contributed by atoms with Gasteiger partial charge in [0.25, 0.3) is 0 Å². The van der Waals surface area contributed by atoms with Crippen LogP contribution in [-0.4, -0.2) is 32.4 Å². The van der Waals surface area contributed by atoms with E-state index in [9.17, 15) is 18.8 Å². The molecule has 0 amide bonds. The van der Waals surface area contributed by atoms with E-state index in [0.29, 0.717) is 41.2 Å². The molecule has 0 heterocycles. The van der Waals surface area contributed by atoms with Crippen molar-refractivity contribution < 1.29 is 18.8 Å². The van der Waals surface area contributed by atoms with Gasteiger partial charge in [-0.2, -0.15) is 0 Å². The van der Waals surface area contributed by atoms with Crippen LogP contribution in [0, 0.1) is 33.8 Å². The van der Waals surface area contributed by atoms with E-state index in [1.54, 1.807) is 0 Å². The van der Waals surface area contributed by atoms with Crippen LogP contribution in [0.5, 0.6) is 0 Å². The van der Waals surface area contributed by atoms with Gasteiger partial charge in [-0.05, 0) is 104 Å². The van der Waals surface area contributed by atoms with Gasteiger partial charge in [0, 0.05) is 17.1 Å². The summed E-state index contributed by atoms with van der Waals surface area (Å²) in [4.78, 5) is 0.414. The van der Waals surface area contributed by atoms with Gasteiger partial charge in [-0.15, -0.1) is 0 Å². The Morgan fingerprint density at radius 3 is 2.69 bits per heavy atom. The minimum atomic E-state index is -2.93. The molecule has 0 aliphatic heterocycles. The molecule has 6 heteroatoms. The van der Waals surface area contributed by atoms with Crippen molar-refractivity contribution >= 4 is 9.73 Å². The first-order valence-corrected chi connectivity index (χ1v) is 14.7. The predicted molar refractivity (Wildman–Crippen MR) is 139 cm³/mol. The first-order chi connectivity index (χ1) is 16.5. The van der Waals surface area contributed by atoms with E-state index in [1.807, 2.05) is 0 Å². The Labute approximate surface area is 210 Å². The monoisotopic (exact) mass is 501 g/mol. The third kappa shape index (κ3) is 5.50. The molecule has 0 aromatic heterocycles. The Balaban J connectivity index is 1.45. The zero-order valence-corrected chi connectivity index (χ0v) is 21.8. The Bertz CT molecular complexity index is 1110. The minimum absolute atomic E-state index is 0.184. The molecule has 4 nitrogen and oxygen atoms in total. The highest BCUT2D eigenvalue weighted by Gasteiger charge is 2.50. The van der Waals surface area contributed by atoms with E-state index in [1.165, 1.54) is 36.3 Å². The highest BCUT2D eigenvalue weighted by molar-refractivity contribution is 7.92. The maximum atomic E-state index is 13.3. The van der Waals surface area contributed by atoms with Gasteiger partial charge in [-0.3, -0.25) is 0 Å². The van der Waals surface area contributed by atoms with Crippen LogP contribution in [0.25, 0.3) is 0 Å². The van der Waals surface area contributed by atoms with E-state index in [2.05, 4.69) is 32.6 Å². The Morgan fingerprint density at radius 2 is 1.97 bits per heavy atom. The summed E-state index contributed by atoms with van der Waals surface area (Å²) < 4.78 is 34.7. The van der Waals surface area contributed by atoms with Gasteiger partial charge in [0.1, 0.15) is 5.82 Å². The third-order valence-corrected chi connectivity index (χ3v) is 10.9. The Hall–Kier alpha value is -1.76. The molecule has 0 radical (unpaired) electrons. The summed E-state index contributed by atoms with van der Waals surface area (Å²) in [6.07, 6.45) is 10.4. The zero-order chi connectivity index (χ0) is 25.4. The van der Waals surface area contributed by atoms with Crippen LogP contribution < -0.4 is 0 Å². The average Bonchev–Trinajstić information content (AvgIpc) is 3.17. The summed E-state index contributed by atoms with van der Waals surface area (Å²) in [5, 5.41) is 20.2. The molecule has 3 saturated carbocycles. The van der Waals surface area contributed by atoms with Crippen molar-refractivity contribution in [2.24, 2.45) is 23.2 Å². The van der Waals surface area contributed by atoms with E-state index >= 15 is 0 Å². The molecule has 0 unspecified atom stereocenters. The smallest absolute Gasteiger partial charge is 0.123 e. The van der Waals surface area contributed by atoms with E-state index < -0.39 is 21.9 Å². The molecule has 0 bridgehead atoms. The Kier molecular flexibility index (Phi) is 7.75. The largest absolute Gasteiger partial charge is 0.393 e. The van der Waals surface area contributed by atoms with Gasteiger partial charge in [0.15, 0.2) is 0 Å². The second-order valence-corrected chi connectivity index (χ2v) is 13.5. The number of fused-ring (bicyclic) bond motifs is 1. The van der Waals surface area contributed by atoms with Gasteiger partial charge in [-0.25, -0.2) is 13.4 Å². The van der Waals surface area contributed by atoms with Crippen LogP contribution in [0.1, 0.15) is 65.2 Å². The molecule has 3 aliphatic carbocycles. The highest BCUT2D eigenvalue weighted by Crippen LogP contribution is 2.59. The number of halogens is 1. The van der Waals surface area contributed by atoms with Gasteiger partial charge < -0.3 is 10.2 Å². The molecule has 3 aliphatic rings. The summed E-state index contributed by atoms with van der Waals surface area (Å²) >= 11 is 0. The molecule has 35 heavy (non-hydrogen) atoms. The lowest BCUT2D eigenvalue weighted by atomic mass is 9.61. The molecule has 3 fully saturated rings. The molecular weight excluding hydrogens is 461 g/mol. The maximum Gasteiger partial charge on any atom is 0.123 e. The number of rotatable bonds is 6. The molecule has 0 spiro atoms. The average molecular weight is 502 g/mol. The van der Waals surface area contributed by atoms with Crippen LogP contribution in [-0.2, 0) is 9.73 Å². The van der Waals surface area contributed by atoms with Crippen molar-refractivity contribution in [3.8, 4) is 0 Å². The topological polar surface area (TPSA) is 81.4 Å². The van der Waals surface area contributed by atoms with Gasteiger partial charge in [0.2, 0.25) is 0 Å². The summed E-state index contributed by atoms with van der Waals surface area (Å²) in [7, 11) is -2.93. The minimum Gasteiger partial charge on any atom is -0.393 e. The first-order valence-electron chi connectivity index (χ1n) is 13.0. The molecule has 0 saturated heterocycles. The fourth-order valence-electron chi connectivity index (χ4n) is 7.00. The molecular formula is C29H40FNO3S. The second kappa shape index (κ2) is 10.3. The van der Waals surface area contributed by atoms with Crippen molar-refractivity contribution in [3.63, 3.8) is 0 Å². The van der Waals surface area contributed by atoms with Gasteiger partial charge >= 0.3 is 0 Å². The van der Waals surface area contributed by atoms with Gasteiger partial charge in [-0.1, -0.05) is 38.2 Å². The molecule has 4 rings (SSSR count). The summed E-state index contributed by atoms with van der Waals surface area (Å²) in [5.41, 5.74) is 3.32. The number of hydrogen-bond donors (Lipinski definition) is 3. The van der Waals surface area contributed by atoms with E-state index in [-0.39, 0.29) is 11.2 Å². The van der Waals surface area contributed by atoms with Crippen molar-refractivity contribution in [1.82, 2.24) is 0 Å². The molecule has 7 atom stereocenters. The van der Waals surface area contributed by atoms with Crippen LogP contribution in [0.3, 0.4) is 0 Å². The normalized spacial score (nSPS) is 36.2. The quantitative estimate of drug-likeness (QED) is 0.422.